The van der Waals surface area contributed by atoms with Gasteiger partial charge in [0.25, 0.3) is 5.56 Å². The van der Waals surface area contributed by atoms with Crippen molar-refractivity contribution in [2.45, 2.75) is 35.9 Å². The summed E-state index contributed by atoms with van der Waals surface area (Å²) in [7, 11) is 0. The molecular weight excluding hydrogens is 294 g/mol. The SMILES string of the molecule is CCC(N)Cc1c(Cl)cccc1Sc1nccc(=O)[nH]1. The van der Waals surface area contributed by atoms with Gasteiger partial charge in [0.05, 0.1) is 0 Å². The van der Waals surface area contributed by atoms with Crippen molar-refractivity contribution in [2.75, 3.05) is 0 Å². The van der Waals surface area contributed by atoms with E-state index in [1.54, 1.807) is 0 Å². The monoisotopic (exact) mass is 309 g/mol. The highest BCUT2D eigenvalue weighted by Crippen LogP contribution is 2.32. The molecule has 1 atom stereocenters. The van der Waals surface area contributed by atoms with Gasteiger partial charge in [-0.05, 0) is 30.5 Å². The van der Waals surface area contributed by atoms with Crippen LogP contribution in [0.4, 0.5) is 0 Å². The third kappa shape index (κ3) is 3.85. The number of rotatable bonds is 5. The van der Waals surface area contributed by atoms with E-state index in [0.29, 0.717) is 16.6 Å². The Kier molecular flexibility index (Phi) is 5.23. The Morgan fingerprint density at radius 3 is 2.95 bits per heavy atom. The zero-order valence-corrected chi connectivity index (χ0v) is 12.7. The van der Waals surface area contributed by atoms with Gasteiger partial charge in [0.1, 0.15) is 0 Å². The van der Waals surface area contributed by atoms with Gasteiger partial charge in [0.15, 0.2) is 5.16 Å². The summed E-state index contributed by atoms with van der Waals surface area (Å²) >= 11 is 7.66. The maximum atomic E-state index is 11.3. The number of H-pyrrole nitrogens is 1. The Balaban J connectivity index is 2.31. The van der Waals surface area contributed by atoms with Crippen LogP contribution in [0.2, 0.25) is 5.02 Å². The van der Waals surface area contributed by atoms with Crippen molar-refractivity contribution >= 4 is 23.4 Å². The highest BCUT2D eigenvalue weighted by atomic mass is 35.5. The van der Waals surface area contributed by atoms with E-state index in [2.05, 4.69) is 9.97 Å². The molecule has 0 aliphatic heterocycles. The average Bonchev–Trinajstić information content (AvgIpc) is 2.42. The minimum absolute atomic E-state index is 0.0667. The summed E-state index contributed by atoms with van der Waals surface area (Å²) in [5, 5.41) is 1.24. The lowest BCUT2D eigenvalue weighted by Gasteiger charge is -2.14. The van der Waals surface area contributed by atoms with E-state index in [0.717, 1.165) is 16.9 Å². The molecule has 1 heterocycles. The van der Waals surface area contributed by atoms with Gasteiger partial charge in [-0.1, -0.05) is 36.4 Å². The van der Waals surface area contributed by atoms with Crippen LogP contribution in [0.3, 0.4) is 0 Å². The molecule has 0 aliphatic rings. The Labute approximate surface area is 126 Å². The number of nitrogens with one attached hydrogen (secondary N) is 1. The Hall–Kier alpha value is -1.30. The first-order chi connectivity index (χ1) is 9.60. The maximum absolute atomic E-state index is 11.3. The van der Waals surface area contributed by atoms with E-state index in [-0.39, 0.29) is 11.6 Å². The van der Waals surface area contributed by atoms with Gasteiger partial charge in [0.2, 0.25) is 0 Å². The number of aromatic amines is 1. The molecule has 0 saturated heterocycles. The molecule has 2 aromatic rings. The first-order valence-electron chi connectivity index (χ1n) is 6.36. The van der Waals surface area contributed by atoms with Gasteiger partial charge in [-0.25, -0.2) is 4.98 Å². The fraction of sp³-hybridized carbons (Fsp3) is 0.286. The molecule has 4 nitrogen and oxygen atoms in total. The molecule has 2 rings (SSSR count). The second-order valence-electron chi connectivity index (χ2n) is 4.43. The molecule has 1 unspecified atom stereocenters. The smallest absolute Gasteiger partial charge is 0.251 e. The van der Waals surface area contributed by atoms with E-state index in [4.69, 9.17) is 17.3 Å². The molecule has 0 radical (unpaired) electrons. The summed E-state index contributed by atoms with van der Waals surface area (Å²) in [5.41, 5.74) is 6.85. The third-order valence-corrected chi connectivity index (χ3v) is 4.28. The zero-order chi connectivity index (χ0) is 14.5. The van der Waals surface area contributed by atoms with Gasteiger partial charge in [-0.3, -0.25) is 4.79 Å². The number of benzene rings is 1. The van der Waals surface area contributed by atoms with Crippen LogP contribution in [-0.2, 0) is 6.42 Å². The quantitative estimate of drug-likeness (QED) is 0.833. The van der Waals surface area contributed by atoms with Gasteiger partial charge < -0.3 is 10.7 Å². The molecule has 1 aromatic heterocycles. The lowest BCUT2D eigenvalue weighted by atomic mass is 10.0. The van der Waals surface area contributed by atoms with E-state index in [1.807, 2.05) is 25.1 Å². The number of hydrogen-bond donors (Lipinski definition) is 2. The standard InChI is InChI=1S/C14H16ClN3OS/c1-2-9(16)8-10-11(15)4-3-5-12(10)20-14-17-7-6-13(19)18-14/h3-7,9H,2,8,16H2,1H3,(H,17,18,19). The van der Waals surface area contributed by atoms with Gasteiger partial charge >= 0.3 is 0 Å². The van der Waals surface area contributed by atoms with E-state index < -0.39 is 0 Å². The second kappa shape index (κ2) is 6.92. The van der Waals surface area contributed by atoms with E-state index in [9.17, 15) is 4.79 Å². The van der Waals surface area contributed by atoms with Crippen LogP contribution in [0.1, 0.15) is 18.9 Å². The fourth-order valence-corrected chi connectivity index (χ4v) is 2.99. The zero-order valence-electron chi connectivity index (χ0n) is 11.1. The molecule has 1 aromatic carbocycles. The van der Waals surface area contributed by atoms with Crippen molar-refractivity contribution in [2.24, 2.45) is 5.73 Å². The van der Waals surface area contributed by atoms with Crippen LogP contribution in [0.15, 0.2) is 45.3 Å². The van der Waals surface area contributed by atoms with Crippen molar-refractivity contribution in [1.29, 1.82) is 0 Å². The molecule has 6 heteroatoms. The molecule has 0 fully saturated rings. The lowest BCUT2D eigenvalue weighted by molar-refractivity contribution is 0.641. The van der Waals surface area contributed by atoms with Gasteiger partial charge in [-0.15, -0.1) is 0 Å². The molecular formula is C14H16ClN3OS. The molecule has 0 spiro atoms. The Morgan fingerprint density at radius 1 is 1.45 bits per heavy atom. The molecule has 20 heavy (non-hydrogen) atoms. The van der Waals surface area contributed by atoms with Crippen LogP contribution in [0.5, 0.6) is 0 Å². The van der Waals surface area contributed by atoms with Crippen molar-refractivity contribution in [3.8, 4) is 0 Å². The average molecular weight is 310 g/mol. The largest absolute Gasteiger partial charge is 0.327 e. The highest BCUT2D eigenvalue weighted by molar-refractivity contribution is 7.99. The Bertz CT molecular complexity index is 644. The minimum Gasteiger partial charge on any atom is -0.327 e. The minimum atomic E-state index is -0.170. The fourth-order valence-electron chi connectivity index (χ4n) is 1.75. The first kappa shape index (κ1) is 15.1. The summed E-state index contributed by atoms with van der Waals surface area (Å²) in [6, 6.07) is 7.14. The van der Waals surface area contributed by atoms with Crippen molar-refractivity contribution in [1.82, 2.24) is 9.97 Å². The molecule has 0 aliphatic carbocycles. The number of nitrogens with two attached hydrogens (primary N) is 1. The van der Waals surface area contributed by atoms with Crippen LogP contribution < -0.4 is 11.3 Å². The second-order valence-corrected chi connectivity index (χ2v) is 5.87. The number of hydrogen-bond acceptors (Lipinski definition) is 4. The van der Waals surface area contributed by atoms with Crippen LogP contribution in [-0.4, -0.2) is 16.0 Å². The van der Waals surface area contributed by atoms with Gasteiger partial charge in [0, 0.05) is 28.2 Å². The van der Waals surface area contributed by atoms with Crippen molar-refractivity contribution in [3.05, 3.63) is 51.4 Å². The van der Waals surface area contributed by atoms with Crippen molar-refractivity contribution < 1.29 is 0 Å². The third-order valence-electron chi connectivity index (χ3n) is 2.92. The summed E-state index contributed by atoms with van der Waals surface area (Å²) in [6.45, 7) is 2.05. The number of halogens is 1. The van der Waals surface area contributed by atoms with E-state index in [1.165, 1.54) is 24.0 Å². The molecule has 3 N–H and O–H groups in total. The maximum Gasteiger partial charge on any atom is 0.251 e. The molecule has 0 saturated carbocycles. The summed E-state index contributed by atoms with van der Waals surface area (Å²) < 4.78 is 0. The van der Waals surface area contributed by atoms with Crippen LogP contribution >= 0.6 is 23.4 Å². The molecule has 106 valence electrons. The number of aromatic nitrogens is 2. The van der Waals surface area contributed by atoms with Crippen LogP contribution in [0, 0.1) is 0 Å². The number of nitrogens with zero attached hydrogens (tertiary/aromatic N) is 1. The molecule has 0 amide bonds. The predicted molar refractivity (Wildman–Crippen MR) is 82.4 cm³/mol. The lowest BCUT2D eigenvalue weighted by Crippen LogP contribution is -2.22. The van der Waals surface area contributed by atoms with Crippen molar-refractivity contribution in [3.63, 3.8) is 0 Å². The predicted octanol–water partition coefficient (Wildman–Crippen LogP) is 2.85. The normalized spacial score (nSPS) is 12.3. The highest BCUT2D eigenvalue weighted by Gasteiger charge is 2.12. The summed E-state index contributed by atoms with van der Waals surface area (Å²) in [4.78, 5) is 19.1. The first-order valence-corrected chi connectivity index (χ1v) is 7.55. The summed E-state index contributed by atoms with van der Waals surface area (Å²) in [6.07, 6.45) is 3.08. The Morgan fingerprint density at radius 2 is 2.25 bits per heavy atom. The van der Waals surface area contributed by atoms with Crippen LogP contribution in [0.25, 0.3) is 0 Å². The summed E-state index contributed by atoms with van der Waals surface area (Å²) in [5.74, 6) is 0. The topological polar surface area (TPSA) is 71.8 Å². The van der Waals surface area contributed by atoms with Gasteiger partial charge in [-0.2, -0.15) is 0 Å². The molecule has 0 bridgehead atoms. The van der Waals surface area contributed by atoms with E-state index >= 15 is 0 Å².